The molecule has 0 aliphatic rings. The molecule has 0 aromatic heterocycles. The highest BCUT2D eigenvalue weighted by atomic mass is 19.4. The number of halogens is 6. The first kappa shape index (κ1) is 21.5. The Hall–Kier alpha value is -0.500. The van der Waals surface area contributed by atoms with Gasteiger partial charge in [0.2, 0.25) is 0 Å². The Bertz CT molecular complexity index is 227. The summed E-state index contributed by atoms with van der Waals surface area (Å²) in [6.45, 7) is -0.576. The van der Waals surface area contributed by atoms with Gasteiger partial charge in [-0.2, -0.15) is 0 Å². The van der Waals surface area contributed by atoms with Crippen LogP contribution in [-0.4, -0.2) is 25.9 Å². The molecule has 22 heavy (non-hydrogen) atoms. The maximum Gasteiger partial charge on any atom is 0.522 e. The summed E-state index contributed by atoms with van der Waals surface area (Å²) in [5.74, 6) is 0. The molecule has 0 fully saturated rings. The summed E-state index contributed by atoms with van der Waals surface area (Å²) in [7, 11) is 0. The monoisotopic (exact) mass is 338 g/mol. The molecule has 0 saturated carbocycles. The third-order valence-corrected chi connectivity index (χ3v) is 3.07. The Kier molecular flexibility index (Phi) is 11.7. The Labute approximate surface area is 127 Å². The summed E-state index contributed by atoms with van der Waals surface area (Å²) in [4.78, 5) is 0. The largest absolute Gasteiger partial charge is 0.522 e. The van der Waals surface area contributed by atoms with Crippen molar-refractivity contribution < 1.29 is 35.8 Å². The van der Waals surface area contributed by atoms with Crippen LogP contribution in [0.5, 0.6) is 0 Å². The molecule has 0 unspecified atom stereocenters. The number of hydrogen-bond donors (Lipinski definition) is 0. The molecule has 0 aromatic carbocycles. The van der Waals surface area contributed by atoms with Crippen molar-refractivity contribution >= 4 is 0 Å². The minimum Gasteiger partial charge on any atom is -0.292 e. The highest BCUT2D eigenvalue weighted by molar-refractivity contribution is 4.48. The van der Waals surface area contributed by atoms with Gasteiger partial charge in [0.1, 0.15) is 0 Å². The molecule has 134 valence electrons. The topological polar surface area (TPSA) is 18.5 Å². The molecule has 2 nitrogen and oxygen atoms in total. The Morgan fingerprint density at radius 1 is 0.409 bits per heavy atom. The van der Waals surface area contributed by atoms with Crippen molar-refractivity contribution in [3.8, 4) is 0 Å². The van der Waals surface area contributed by atoms with Crippen LogP contribution < -0.4 is 0 Å². The smallest absolute Gasteiger partial charge is 0.292 e. The molecule has 0 spiro atoms. The quantitative estimate of drug-likeness (QED) is 0.305. The van der Waals surface area contributed by atoms with E-state index in [1.165, 1.54) is 0 Å². The molecule has 0 amide bonds. The number of hydrogen-bond acceptors (Lipinski definition) is 2. The van der Waals surface area contributed by atoms with Gasteiger partial charge in [-0.3, -0.25) is 9.47 Å². The summed E-state index contributed by atoms with van der Waals surface area (Å²) in [6.07, 6.45) is -1.17. The normalized spacial score (nSPS) is 12.8. The minimum atomic E-state index is -4.54. The molecular formula is C14H24F6O2. The third kappa shape index (κ3) is 19.5. The maximum atomic E-state index is 11.7. The van der Waals surface area contributed by atoms with Crippen LogP contribution in [0.3, 0.4) is 0 Å². The first-order chi connectivity index (χ1) is 10.2. The molecule has 0 aromatic rings. The maximum absolute atomic E-state index is 11.7. The molecule has 0 N–H and O–H groups in total. The van der Waals surface area contributed by atoms with Crippen molar-refractivity contribution in [3.05, 3.63) is 0 Å². The number of unbranched alkanes of at least 4 members (excludes halogenated alkanes) is 9. The van der Waals surface area contributed by atoms with Crippen LogP contribution >= 0.6 is 0 Å². The van der Waals surface area contributed by atoms with Gasteiger partial charge >= 0.3 is 12.7 Å². The fourth-order valence-electron chi connectivity index (χ4n) is 1.99. The molecular weight excluding hydrogens is 314 g/mol. The van der Waals surface area contributed by atoms with Gasteiger partial charge in [0, 0.05) is 0 Å². The molecule has 0 saturated heterocycles. The number of alkyl halides is 6. The minimum absolute atomic E-state index is 0.288. The predicted octanol–water partition coefficient (Wildman–Crippen LogP) is 5.96. The van der Waals surface area contributed by atoms with Gasteiger partial charge < -0.3 is 0 Å². The molecule has 0 rings (SSSR count). The van der Waals surface area contributed by atoms with Gasteiger partial charge in [0.25, 0.3) is 0 Å². The van der Waals surface area contributed by atoms with Crippen LogP contribution in [0.25, 0.3) is 0 Å². The van der Waals surface area contributed by atoms with Crippen LogP contribution in [0.2, 0.25) is 0 Å². The standard InChI is InChI=1S/C14H24F6O2/c15-13(16,17)21-11-9-7-5-3-1-2-4-6-8-10-12-22-14(18,19)20/h1-12H2. The summed E-state index contributed by atoms with van der Waals surface area (Å²) in [5, 5.41) is 0. The lowest BCUT2D eigenvalue weighted by Crippen LogP contribution is -2.14. The molecule has 0 aliphatic heterocycles. The fraction of sp³-hybridized carbons (Fsp3) is 1.00. The van der Waals surface area contributed by atoms with E-state index in [-0.39, 0.29) is 13.2 Å². The van der Waals surface area contributed by atoms with Crippen LogP contribution in [0.4, 0.5) is 26.3 Å². The summed E-state index contributed by atoms with van der Waals surface area (Å²) < 4.78 is 77.2. The predicted molar refractivity (Wildman–Crippen MR) is 70.2 cm³/mol. The average molecular weight is 338 g/mol. The van der Waals surface area contributed by atoms with Gasteiger partial charge in [-0.25, -0.2) is 0 Å². The van der Waals surface area contributed by atoms with E-state index in [9.17, 15) is 26.3 Å². The van der Waals surface area contributed by atoms with Crippen LogP contribution in [0.1, 0.15) is 64.2 Å². The van der Waals surface area contributed by atoms with Crippen molar-refractivity contribution in [2.45, 2.75) is 76.9 Å². The zero-order valence-electron chi connectivity index (χ0n) is 12.6. The second kappa shape index (κ2) is 12.0. The lowest BCUT2D eigenvalue weighted by Gasteiger charge is -2.07. The van der Waals surface area contributed by atoms with Crippen molar-refractivity contribution in [3.63, 3.8) is 0 Å². The molecule has 0 heterocycles. The van der Waals surface area contributed by atoms with E-state index in [0.717, 1.165) is 38.5 Å². The zero-order chi connectivity index (χ0) is 16.9. The van der Waals surface area contributed by atoms with Crippen LogP contribution in [0.15, 0.2) is 0 Å². The molecule has 0 radical (unpaired) electrons. The SMILES string of the molecule is FC(F)(F)OCCCCCCCCCCCCOC(F)(F)F. The summed E-state index contributed by atoms with van der Waals surface area (Å²) in [5.41, 5.74) is 0. The van der Waals surface area contributed by atoms with E-state index in [2.05, 4.69) is 9.47 Å². The van der Waals surface area contributed by atoms with Crippen LogP contribution in [-0.2, 0) is 9.47 Å². The van der Waals surface area contributed by atoms with Gasteiger partial charge in [-0.15, -0.1) is 26.3 Å². The average Bonchev–Trinajstić information content (AvgIpc) is 2.36. The summed E-state index contributed by atoms with van der Waals surface area (Å²) in [6, 6.07) is 0. The zero-order valence-corrected chi connectivity index (χ0v) is 12.6. The summed E-state index contributed by atoms with van der Waals surface area (Å²) >= 11 is 0. The molecule has 8 heteroatoms. The fourth-order valence-corrected chi connectivity index (χ4v) is 1.99. The van der Waals surface area contributed by atoms with Gasteiger partial charge in [0.05, 0.1) is 13.2 Å². The van der Waals surface area contributed by atoms with E-state index in [1.807, 2.05) is 0 Å². The van der Waals surface area contributed by atoms with Crippen molar-refractivity contribution in [1.29, 1.82) is 0 Å². The van der Waals surface area contributed by atoms with E-state index in [1.54, 1.807) is 0 Å². The van der Waals surface area contributed by atoms with Gasteiger partial charge in [0.15, 0.2) is 0 Å². The first-order valence-corrected chi connectivity index (χ1v) is 7.62. The van der Waals surface area contributed by atoms with Crippen molar-refractivity contribution in [1.82, 2.24) is 0 Å². The molecule has 0 atom stereocenters. The van der Waals surface area contributed by atoms with Crippen molar-refractivity contribution in [2.24, 2.45) is 0 Å². The van der Waals surface area contributed by atoms with E-state index >= 15 is 0 Å². The second-order valence-corrected chi connectivity index (χ2v) is 5.12. The highest BCUT2D eigenvalue weighted by Gasteiger charge is 2.28. The Morgan fingerprint density at radius 2 is 0.636 bits per heavy atom. The van der Waals surface area contributed by atoms with Crippen molar-refractivity contribution in [2.75, 3.05) is 13.2 Å². The number of ether oxygens (including phenoxy) is 2. The van der Waals surface area contributed by atoms with E-state index < -0.39 is 12.7 Å². The first-order valence-electron chi connectivity index (χ1n) is 7.62. The molecule has 0 aliphatic carbocycles. The van der Waals surface area contributed by atoms with Gasteiger partial charge in [-0.05, 0) is 12.8 Å². The molecule has 0 bridgehead atoms. The highest BCUT2D eigenvalue weighted by Crippen LogP contribution is 2.18. The Balaban J connectivity index is 3.09. The third-order valence-electron chi connectivity index (χ3n) is 3.07. The number of rotatable bonds is 13. The second-order valence-electron chi connectivity index (χ2n) is 5.12. The Morgan fingerprint density at radius 3 is 0.864 bits per heavy atom. The van der Waals surface area contributed by atoms with Crippen LogP contribution in [0, 0.1) is 0 Å². The van der Waals surface area contributed by atoms with E-state index in [4.69, 9.17) is 0 Å². The van der Waals surface area contributed by atoms with Gasteiger partial charge in [-0.1, -0.05) is 51.4 Å². The van der Waals surface area contributed by atoms with E-state index in [0.29, 0.717) is 25.7 Å². The lowest BCUT2D eigenvalue weighted by atomic mass is 10.1. The lowest BCUT2D eigenvalue weighted by molar-refractivity contribution is -0.325.